The molecular formula is C6H16O2. The van der Waals surface area contributed by atoms with E-state index in [1.54, 1.807) is 0 Å². The van der Waals surface area contributed by atoms with Crippen LogP contribution in [-0.2, 0) is 4.74 Å². The average Bonchev–Trinajstić information content (AvgIpc) is 1.30. The molecule has 0 aliphatic rings. The Morgan fingerprint density at radius 3 is 1.62 bits per heavy atom. The van der Waals surface area contributed by atoms with Crippen LogP contribution in [0, 0.1) is 0 Å². The van der Waals surface area contributed by atoms with Gasteiger partial charge < -0.3 is 10.2 Å². The van der Waals surface area contributed by atoms with Crippen molar-refractivity contribution in [3.63, 3.8) is 0 Å². The zero-order valence-corrected chi connectivity index (χ0v) is 6.12. The lowest BCUT2D eigenvalue weighted by Gasteiger charge is -2.17. The minimum absolute atomic E-state index is 0. The second kappa shape index (κ2) is 3.87. The topological polar surface area (TPSA) is 40.7 Å². The first-order chi connectivity index (χ1) is 3.06. The summed E-state index contributed by atoms with van der Waals surface area (Å²) in [4.78, 5) is 0. The molecule has 0 heterocycles. The first kappa shape index (κ1) is 10.8. The van der Waals surface area contributed by atoms with Crippen molar-refractivity contribution in [3.05, 3.63) is 0 Å². The summed E-state index contributed by atoms with van der Waals surface area (Å²) in [6, 6.07) is 0. The molecule has 8 heavy (non-hydrogen) atoms. The molecule has 0 unspecified atom stereocenters. The molecule has 2 nitrogen and oxygen atoms in total. The number of hydrogen-bond donors (Lipinski definition) is 0. The van der Waals surface area contributed by atoms with Crippen LogP contribution in [0.3, 0.4) is 0 Å². The van der Waals surface area contributed by atoms with Gasteiger partial charge in [-0.2, -0.15) is 0 Å². The van der Waals surface area contributed by atoms with E-state index in [0.717, 1.165) is 6.61 Å². The van der Waals surface area contributed by atoms with Crippen molar-refractivity contribution >= 4 is 0 Å². The maximum atomic E-state index is 5.23. The minimum Gasteiger partial charge on any atom is -0.412 e. The van der Waals surface area contributed by atoms with Crippen LogP contribution in [0.5, 0.6) is 0 Å². The molecule has 0 radical (unpaired) electrons. The van der Waals surface area contributed by atoms with Crippen molar-refractivity contribution in [3.8, 4) is 0 Å². The van der Waals surface area contributed by atoms with Crippen LogP contribution in [-0.4, -0.2) is 17.7 Å². The molecule has 0 aromatic rings. The van der Waals surface area contributed by atoms with Crippen LogP contribution in [0.15, 0.2) is 0 Å². The van der Waals surface area contributed by atoms with E-state index in [0.29, 0.717) is 0 Å². The van der Waals surface area contributed by atoms with Gasteiger partial charge in [0.2, 0.25) is 0 Å². The van der Waals surface area contributed by atoms with Gasteiger partial charge in [-0.05, 0) is 27.7 Å². The quantitative estimate of drug-likeness (QED) is 0.509. The molecule has 0 fully saturated rings. The van der Waals surface area contributed by atoms with E-state index in [-0.39, 0.29) is 11.1 Å². The predicted octanol–water partition coefficient (Wildman–Crippen LogP) is 0.997. The van der Waals surface area contributed by atoms with E-state index < -0.39 is 0 Å². The van der Waals surface area contributed by atoms with E-state index in [9.17, 15) is 0 Å². The van der Waals surface area contributed by atoms with Crippen LogP contribution in [0.25, 0.3) is 0 Å². The van der Waals surface area contributed by atoms with Crippen molar-refractivity contribution in [2.24, 2.45) is 0 Å². The van der Waals surface area contributed by atoms with Gasteiger partial charge >= 0.3 is 0 Å². The highest BCUT2D eigenvalue weighted by Crippen LogP contribution is 2.04. The molecule has 2 heteroatoms. The zero-order valence-electron chi connectivity index (χ0n) is 6.12. The molecule has 0 bridgehead atoms. The second-order valence-corrected chi connectivity index (χ2v) is 2.55. The van der Waals surface area contributed by atoms with Gasteiger partial charge in [0.1, 0.15) is 0 Å². The Morgan fingerprint density at radius 1 is 1.25 bits per heavy atom. The average molecular weight is 120 g/mol. The largest absolute Gasteiger partial charge is 0.412 e. The van der Waals surface area contributed by atoms with Gasteiger partial charge in [0.05, 0.1) is 5.60 Å². The SMILES string of the molecule is CCOC(C)(C)C.O. The third-order valence-electron chi connectivity index (χ3n) is 0.577. The Balaban J connectivity index is 0. The molecule has 0 rings (SSSR count). The third-order valence-corrected chi connectivity index (χ3v) is 0.577. The molecule has 0 saturated heterocycles. The van der Waals surface area contributed by atoms with Gasteiger partial charge in [0, 0.05) is 6.61 Å². The smallest absolute Gasteiger partial charge is 0.0598 e. The Hall–Kier alpha value is -0.0800. The van der Waals surface area contributed by atoms with E-state index in [2.05, 4.69) is 20.8 Å². The van der Waals surface area contributed by atoms with Crippen LogP contribution in [0.4, 0.5) is 0 Å². The lowest BCUT2D eigenvalue weighted by Crippen LogP contribution is -2.18. The summed E-state index contributed by atoms with van der Waals surface area (Å²) in [6.07, 6.45) is 0. The molecule has 0 aromatic heterocycles. The molecular weight excluding hydrogens is 104 g/mol. The van der Waals surface area contributed by atoms with Crippen molar-refractivity contribution < 1.29 is 10.2 Å². The van der Waals surface area contributed by atoms with Crippen molar-refractivity contribution in [2.45, 2.75) is 33.3 Å². The summed E-state index contributed by atoms with van der Waals surface area (Å²) in [5.74, 6) is 0. The molecule has 0 aliphatic heterocycles. The fourth-order valence-corrected chi connectivity index (χ4v) is 0.433. The third kappa shape index (κ3) is 9.33. The first-order valence-corrected chi connectivity index (χ1v) is 2.70. The van der Waals surface area contributed by atoms with Gasteiger partial charge in [-0.1, -0.05) is 0 Å². The molecule has 0 spiro atoms. The second-order valence-electron chi connectivity index (χ2n) is 2.55. The highest BCUT2D eigenvalue weighted by Gasteiger charge is 2.06. The molecule has 0 saturated carbocycles. The predicted molar refractivity (Wildman–Crippen MR) is 35.0 cm³/mol. The van der Waals surface area contributed by atoms with E-state index in [1.807, 2.05) is 6.92 Å². The molecule has 0 atom stereocenters. The fourth-order valence-electron chi connectivity index (χ4n) is 0.433. The molecule has 2 N–H and O–H groups in total. The Kier molecular flexibility index (Phi) is 5.23. The van der Waals surface area contributed by atoms with Crippen LogP contribution in [0.1, 0.15) is 27.7 Å². The first-order valence-electron chi connectivity index (χ1n) is 2.70. The normalized spacial score (nSPS) is 10.5. The maximum Gasteiger partial charge on any atom is 0.0598 e. The van der Waals surface area contributed by atoms with Gasteiger partial charge in [-0.15, -0.1) is 0 Å². The highest BCUT2D eigenvalue weighted by atomic mass is 16.5. The number of hydrogen-bond acceptors (Lipinski definition) is 1. The Bertz CT molecular complexity index is 45.0. The van der Waals surface area contributed by atoms with Gasteiger partial charge in [-0.3, -0.25) is 0 Å². The molecule has 52 valence electrons. The monoisotopic (exact) mass is 120 g/mol. The summed E-state index contributed by atoms with van der Waals surface area (Å²) in [6.45, 7) is 8.97. The molecule has 0 amide bonds. The highest BCUT2D eigenvalue weighted by molar-refractivity contribution is 4.56. The summed E-state index contributed by atoms with van der Waals surface area (Å²) in [5.41, 5.74) is 0.0503. The van der Waals surface area contributed by atoms with Gasteiger partial charge in [-0.25, -0.2) is 0 Å². The van der Waals surface area contributed by atoms with Crippen LogP contribution in [0.2, 0.25) is 0 Å². The van der Waals surface area contributed by atoms with Crippen molar-refractivity contribution in [1.82, 2.24) is 0 Å². The summed E-state index contributed by atoms with van der Waals surface area (Å²) in [7, 11) is 0. The van der Waals surface area contributed by atoms with E-state index in [1.165, 1.54) is 0 Å². The van der Waals surface area contributed by atoms with Crippen molar-refractivity contribution in [2.75, 3.05) is 6.61 Å². The number of ether oxygens (including phenoxy) is 1. The standard InChI is InChI=1S/C6H14O.H2O/c1-5-7-6(2,3)4;/h5H2,1-4H3;1H2. The van der Waals surface area contributed by atoms with E-state index in [4.69, 9.17) is 4.74 Å². The van der Waals surface area contributed by atoms with Crippen LogP contribution < -0.4 is 0 Å². The number of rotatable bonds is 1. The van der Waals surface area contributed by atoms with Crippen LogP contribution >= 0.6 is 0 Å². The van der Waals surface area contributed by atoms with Gasteiger partial charge in [0.25, 0.3) is 0 Å². The van der Waals surface area contributed by atoms with E-state index >= 15 is 0 Å². The van der Waals surface area contributed by atoms with Gasteiger partial charge in [0.15, 0.2) is 0 Å². The summed E-state index contributed by atoms with van der Waals surface area (Å²) >= 11 is 0. The Labute approximate surface area is 51.2 Å². The zero-order chi connectivity index (χ0) is 5.91. The van der Waals surface area contributed by atoms with Crippen molar-refractivity contribution in [1.29, 1.82) is 0 Å². The summed E-state index contributed by atoms with van der Waals surface area (Å²) in [5, 5.41) is 0. The fraction of sp³-hybridized carbons (Fsp3) is 1.00. The summed E-state index contributed by atoms with van der Waals surface area (Å²) < 4.78 is 5.23. The molecule has 0 aromatic carbocycles. The Morgan fingerprint density at radius 2 is 1.62 bits per heavy atom. The molecule has 0 aliphatic carbocycles. The minimum atomic E-state index is 0. The lowest BCUT2D eigenvalue weighted by molar-refractivity contribution is 0.00532. The maximum absolute atomic E-state index is 5.23. The lowest BCUT2D eigenvalue weighted by atomic mass is 10.2.